The van der Waals surface area contributed by atoms with Crippen LogP contribution in [0.2, 0.25) is 0 Å². The Balaban J connectivity index is 1.29. The van der Waals surface area contributed by atoms with Crippen LogP contribution in [0.15, 0.2) is 89.9 Å². The second-order valence-electron chi connectivity index (χ2n) is 13.3. The fourth-order valence-electron chi connectivity index (χ4n) is 6.26. The van der Waals surface area contributed by atoms with E-state index in [0.29, 0.717) is 37.7 Å². The van der Waals surface area contributed by atoms with E-state index in [4.69, 9.17) is 9.47 Å². The second-order valence-corrected chi connectivity index (χ2v) is 13.3. The maximum Gasteiger partial charge on any atom is 0.251 e. The average Bonchev–Trinajstić information content (AvgIpc) is 3.48. The Morgan fingerprint density at radius 2 is 1.74 bits per heavy atom. The quantitative estimate of drug-likeness (QED) is 0.0834. The van der Waals surface area contributed by atoms with E-state index >= 15 is 0 Å². The van der Waals surface area contributed by atoms with Crippen LogP contribution in [-0.4, -0.2) is 48.4 Å². The molecule has 1 aliphatic rings. The van der Waals surface area contributed by atoms with Crippen LogP contribution in [0, 0.1) is 10.8 Å². The van der Waals surface area contributed by atoms with E-state index in [1.54, 1.807) is 6.20 Å². The average molecular weight is 678 g/mol. The number of nitrogens with zero attached hydrogens (tertiary/aromatic N) is 4. The summed E-state index contributed by atoms with van der Waals surface area (Å²) in [7, 11) is 0. The third kappa shape index (κ3) is 9.91. The van der Waals surface area contributed by atoms with Gasteiger partial charge in [0.05, 0.1) is 6.61 Å². The van der Waals surface area contributed by atoms with Crippen molar-refractivity contribution in [3.8, 4) is 16.9 Å². The van der Waals surface area contributed by atoms with Gasteiger partial charge >= 0.3 is 0 Å². The van der Waals surface area contributed by atoms with E-state index in [-0.39, 0.29) is 5.91 Å². The first-order chi connectivity index (χ1) is 24.4. The summed E-state index contributed by atoms with van der Waals surface area (Å²) in [6, 6.07) is 21.5. The summed E-state index contributed by atoms with van der Waals surface area (Å²) in [6.45, 7) is 13.1. The molecule has 264 valence electrons. The highest BCUT2D eigenvalue weighted by molar-refractivity contribution is 6.07. The van der Waals surface area contributed by atoms with Crippen LogP contribution in [0.3, 0.4) is 0 Å². The molecule has 0 bridgehead atoms. The lowest BCUT2D eigenvalue weighted by molar-refractivity contribution is -0.112. The second kappa shape index (κ2) is 18.3. The van der Waals surface area contributed by atoms with Crippen molar-refractivity contribution in [1.82, 2.24) is 9.55 Å². The number of benzene rings is 3. The Morgan fingerprint density at radius 3 is 2.46 bits per heavy atom. The predicted molar refractivity (Wildman–Crippen MR) is 203 cm³/mol. The number of anilines is 2. The first kappa shape index (κ1) is 36.5. The fraction of sp³-hybridized carbons (Fsp3) is 0.415. The van der Waals surface area contributed by atoms with Gasteiger partial charge in [0.1, 0.15) is 24.2 Å². The number of carbonyl (C=O) groups excluding carboxylic acids is 1. The van der Waals surface area contributed by atoms with Gasteiger partial charge < -0.3 is 24.3 Å². The first-order valence-electron chi connectivity index (χ1n) is 18.0. The van der Waals surface area contributed by atoms with Gasteiger partial charge in [-0.25, -0.2) is 4.98 Å². The van der Waals surface area contributed by atoms with Crippen LogP contribution in [0.25, 0.3) is 17.2 Å². The van der Waals surface area contributed by atoms with Gasteiger partial charge in [-0.3, -0.25) is 4.79 Å². The number of rotatable bonds is 18. The minimum Gasteiger partial charge on any atom is -0.491 e. The van der Waals surface area contributed by atoms with Gasteiger partial charge in [0, 0.05) is 62.0 Å². The molecule has 1 N–H and O–H groups in total. The number of nitrogens with one attached hydrogen (secondary N) is 1. The molecule has 0 spiro atoms. The van der Waals surface area contributed by atoms with E-state index in [1.807, 2.05) is 48.7 Å². The summed E-state index contributed by atoms with van der Waals surface area (Å²) in [5, 5.41) is 6.49. The van der Waals surface area contributed by atoms with Gasteiger partial charge in [-0.15, -0.1) is 0 Å². The third-order valence-electron chi connectivity index (χ3n) is 8.88. The number of unbranched alkanes of at least 4 members (excludes halogenated alkanes) is 1. The lowest BCUT2D eigenvalue weighted by Gasteiger charge is -2.27. The Labute approximate surface area is 296 Å². The van der Waals surface area contributed by atoms with Crippen molar-refractivity contribution in [3.63, 3.8) is 0 Å². The number of hydrogen-bond donors (Lipinski definition) is 1. The van der Waals surface area contributed by atoms with Crippen molar-refractivity contribution < 1.29 is 14.3 Å². The summed E-state index contributed by atoms with van der Waals surface area (Å²) in [5.74, 6) is 1.99. The summed E-state index contributed by atoms with van der Waals surface area (Å²) in [6.07, 6.45) is 9.94. The zero-order valence-electron chi connectivity index (χ0n) is 29.9. The van der Waals surface area contributed by atoms with E-state index in [9.17, 15) is 9.70 Å². The number of nitroso groups, excluding NO2 is 1. The predicted octanol–water partition coefficient (Wildman–Crippen LogP) is 9.09. The highest BCUT2D eigenvalue weighted by Crippen LogP contribution is 2.34. The molecular formula is C41H51N5O4. The lowest BCUT2D eigenvalue weighted by atomic mass is 10.00. The molecule has 1 aromatic heterocycles. The number of aromatic nitrogens is 2. The maximum atomic E-state index is 13.7. The number of ether oxygens (including phenoxy) is 2. The standard InChI is InChI=1S/C41H51N5O4/c1-5-7-23-49-24-25-50-37-15-10-31(11-16-37)33-12-17-39-35(26-33)27-34(18-21-46(39)29-30(3)4)41(47)43-36-13-8-32(9-14-36)38(44-48)28-40-42-19-22-45(40)20-6-2/h8-17,19,22,26-27,30,38H,5-7,18,20-21,23-25,28-29H2,1-4H3,(H,43,47). The molecular weight excluding hydrogens is 626 g/mol. The Bertz CT molecular complexity index is 1710. The van der Waals surface area contributed by atoms with Crippen molar-refractivity contribution in [1.29, 1.82) is 0 Å². The molecule has 0 radical (unpaired) electrons. The van der Waals surface area contributed by atoms with Gasteiger partial charge in [0.15, 0.2) is 0 Å². The molecule has 2 heterocycles. The van der Waals surface area contributed by atoms with E-state index in [0.717, 1.165) is 90.6 Å². The fourth-order valence-corrected chi connectivity index (χ4v) is 6.26. The van der Waals surface area contributed by atoms with Crippen LogP contribution >= 0.6 is 0 Å². The minimum absolute atomic E-state index is 0.132. The summed E-state index contributed by atoms with van der Waals surface area (Å²) in [4.78, 5) is 32.3. The van der Waals surface area contributed by atoms with Gasteiger partial charge in [-0.1, -0.05) is 69.6 Å². The molecule has 4 aromatic rings. The molecule has 50 heavy (non-hydrogen) atoms. The molecule has 0 saturated heterocycles. The minimum atomic E-state index is -0.557. The van der Waals surface area contributed by atoms with E-state index in [1.165, 1.54) is 0 Å². The molecule has 9 nitrogen and oxygen atoms in total. The zero-order valence-corrected chi connectivity index (χ0v) is 29.9. The van der Waals surface area contributed by atoms with Crippen molar-refractivity contribution in [2.75, 3.05) is 43.1 Å². The highest BCUT2D eigenvalue weighted by atomic mass is 16.5. The molecule has 9 heteroatoms. The summed E-state index contributed by atoms with van der Waals surface area (Å²) < 4.78 is 13.5. The number of amides is 1. The van der Waals surface area contributed by atoms with Crippen molar-refractivity contribution >= 4 is 23.4 Å². The summed E-state index contributed by atoms with van der Waals surface area (Å²) in [5.41, 5.74) is 6.49. The number of fused-ring (bicyclic) bond motifs is 1. The first-order valence-corrected chi connectivity index (χ1v) is 18.0. The normalized spacial score (nSPS) is 13.4. The number of imidazole rings is 1. The Kier molecular flexibility index (Phi) is 13.4. The summed E-state index contributed by atoms with van der Waals surface area (Å²) >= 11 is 0. The van der Waals surface area contributed by atoms with Crippen LogP contribution in [0.4, 0.5) is 11.4 Å². The molecule has 1 aliphatic heterocycles. The topological polar surface area (TPSA) is 98.0 Å². The Hall–Kier alpha value is -4.76. The number of carbonyl (C=O) groups is 1. The smallest absolute Gasteiger partial charge is 0.251 e. The lowest BCUT2D eigenvalue weighted by Crippen LogP contribution is -2.29. The van der Waals surface area contributed by atoms with Crippen LogP contribution in [-0.2, 0) is 22.5 Å². The SMILES string of the molecule is CCCCOCCOc1ccc(-c2ccc3c(c2)C=C(C(=O)Nc2ccc(C(Cc4nccn4CCC)N=O)cc2)CCN3CC(C)C)cc1. The van der Waals surface area contributed by atoms with Gasteiger partial charge in [-0.2, -0.15) is 4.91 Å². The van der Waals surface area contributed by atoms with Gasteiger partial charge in [0.2, 0.25) is 0 Å². The molecule has 1 amide bonds. The molecule has 0 aliphatic carbocycles. The third-order valence-corrected chi connectivity index (χ3v) is 8.88. The molecule has 1 atom stereocenters. The van der Waals surface area contributed by atoms with E-state index in [2.05, 4.69) is 83.0 Å². The Morgan fingerprint density at radius 1 is 0.960 bits per heavy atom. The molecule has 3 aromatic carbocycles. The molecule has 0 saturated carbocycles. The number of aryl methyl sites for hydroxylation is 1. The molecule has 5 rings (SSSR count). The van der Waals surface area contributed by atoms with Crippen molar-refractivity contribution in [2.24, 2.45) is 11.1 Å². The van der Waals surface area contributed by atoms with Gasteiger partial charge in [-0.05, 0) is 89.9 Å². The molecule has 0 fully saturated rings. The zero-order chi connectivity index (χ0) is 35.3. The molecule has 1 unspecified atom stereocenters. The van der Waals surface area contributed by atoms with Crippen molar-refractivity contribution in [2.45, 2.75) is 72.4 Å². The monoisotopic (exact) mass is 677 g/mol. The highest BCUT2D eigenvalue weighted by Gasteiger charge is 2.22. The van der Waals surface area contributed by atoms with Crippen LogP contribution in [0.5, 0.6) is 5.75 Å². The van der Waals surface area contributed by atoms with Crippen molar-refractivity contribution in [3.05, 3.63) is 107 Å². The van der Waals surface area contributed by atoms with Crippen LogP contribution < -0.4 is 15.0 Å². The van der Waals surface area contributed by atoms with Crippen LogP contribution in [0.1, 0.15) is 76.4 Å². The number of hydrogen-bond acceptors (Lipinski definition) is 7. The van der Waals surface area contributed by atoms with E-state index < -0.39 is 6.04 Å². The van der Waals surface area contributed by atoms with Gasteiger partial charge in [0.25, 0.3) is 5.91 Å². The maximum absolute atomic E-state index is 13.7. The largest absolute Gasteiger partial charge is 0.491 e.